The van der Waals surface area contributed by atoms with E-state index in [2.05, 4.69) is 9.97 Å². The molecule has 1 aromatic rings. The fourth-order valence-electron chi connectivity index (χ4n) is 1.75. The highest BCUT2D eigenvalue weighted by atomic mass is 16.5. The van der Waals surface area contributed by atoms with Crippen molar-refractivity contribution in [2.45, 2.75) is 31.8 Å². The van der Waals surface area contributed by atoms with Crippen molar-refractivity contribution in [3.63, 3.8) is 0 Å². The molecular formula is C11H14N2O2. The van der Waals surface area contributed by atoms with Crippen LogP contribution in [0.25, 0.3) is 0 Å². The largest absolute Gasteiger partial charge is 0.378 e. The van der Waals surface area contributed by atoms with Crippen molar-refractivity contribution in [3.8, 4) is 0 Å². The standard InChI is InChI=1S/C11H14N2O2/c14-11(10-5-6-12-8-13-10)4-3-9-2-1-7-15-9/h5-6,8-9H,1-4,7H2. The van der Waals surface area contributed by atoms with Crippen LogP contribution in [0.4, 0.5) is 0 Å². The van der Waals surface area contributed by atoms with Crippen molar-refractivity contribution in [3.05, 3.63) is 24.3 Å². The Bertz CT molecular complexity index is 321. The molecule has 0 aromatic carbocycles. The van der Waals surface area contributed by atoms with Gasteiger partial charge in [0.25, 0.3) is 0 Å². The summed E-state index contributed by atoms with van der Waals surface area (Å²) in [4.78, 5) is 19.4. The summed E-state index contributed by atoms with van der Waals surface area (Å²) < 4.78 is 5.45. The summed E-state index contributed by atoms with van der Waals surface area (Å²) in [5.41, 5.74) is 0.503. The van der Waals surface area contributed by atoms with Crippen LogP contribution < -0.4 is 0 Å². The Labute approximate surface area is 88.7 Å². The van der Waals surface area contributed by atoms with E-state index in [-0.39, 0.29) is 11.9 Å². The second-order valence-electron chi connectivity index (χ2n) is 3.69. The van der Waals surface area contributed by atoms with E-state index < -0.39 is 0 Å². The molecule has 0 amide bonds. The van der Waals surface area contributed by atoms with E-state index in [4.69, 9.17) is 4.74 Å². The van der Waals surface area contributed by atoms with E-state index in [1.165, 1.54) is 6.33 Å². The Morgan fingerprint density at radius 3 is 3.20 bits per heavy atom. The third-order valence-electron chi connectivity index (χ3n) is 2.59. The zero-order valence-electron chi connectivity index (χ0n) is 8.56. The van der Waals surface area contributed by atoms with Crippen LogP contribution in [0, 0.1) is 0 Å². The maximum Gasteiger partial charge on any atom is 0.181 e. The van der Waals surface area contributed by atoms with Gasteiger partial charge >= 0.3 is 0 Å². The van der Waals surface area contributed by atoms with Gasteiger partial charge in [0, 0.05) is 19.2 Å². The van der Waals surface area contributed by atoms with E-state index in [1.54, 1.807) is 12.3 Å². The van der Waals surface area contributed by atoms with Crippen LogP contribution in [0.5, 0.6) is 0 Å². The van der Waals surface area contributed by atoms with E-state index >= 15 is 0 Å². The second-order valence-corrected chi connectivity index (χ2v) is 3.69. The quantitative estimate of drug-likeness (QED) is 0.702. The van der Waals surface area contributed by atoms with Crippen molar-refractivity contribution in [1.29, 1.82) is 0 Å². The molecule has 0 spiro atoms. The third-order valence-corrected chi connectivity index (χ3v) is 2.59. The monoisotopic (exact) mass is 206 g/mol. The minimum Gasteiger partial charge on any atom is -0.378 e. The number of carbonyl (C=O) groups is 1. The molecule has 1 aliphatic heterocycles. The number of hydrogen-bond donors (Lipinski definition) is 0. The summed E-state index contributed by atoms with van der Waals surface area (Å²) >= 11 is 0. The van der Waals surface area contributed by atoms with Crippen LogP contribution in [0.15, 0.2) is 18.6 Å². The zero-order valence-corrected chi connectivity index (χ0v) is 8.56. The Kier molecular flexibility index (Phi) is 3.40. The Morgan fingerprint density at radius 2 is 2.53 bits per heavy atom. The van der Waals surface area contributed by atoms with Crippen molar-refractivity contribution < 1.29 is 9.53 Å². The molecule has 0 aliphatic carbocycles. The molecule has 0 saturated carbocycles. The highest BCUT2D eigenvalue weighted by Gasteiger charge is 2.17. The molecule has 1 atom stereocenters. The summed E-state index contributed by atoms with van der Waals surface area (Å²) in [5.74, 6) is 0.0768. The van der Waals surface area contributed by atoms with Gasteiger partial charge in [-0.05, 0) is 25.3 Å². The molecule has 1 saturated heterocycles. The van der Waals surface area contributed by atoms with E-state index in [0.717, 1.165) is 25.9 Å². The summed E-state index contributed by atoms with van der Waals surface area (Å²) in [6.07, 6.45) is 6.79. The first-order valence-electron chi connectivity index (χ1n) is 5.27. The van der Waals surface area contributed by atoms with Crippen molar-refractivity contribution in [2.75, 3.05) is 6.61 Å². The van der Waals surface area contributed by atoms with Gasteiger partial charge in [0.15, 0.2) is 5.78 Å². The van der Waals surface area contributed by atoms with Crippen molar-refractivity contribution in [1.82, 2.24) is 9.97 Å². The Morgan fingerprint density at radius 1 is 1.60 bits per heavy atom. The summed E-state index contributed by atoms with van der Waals surface area (Å²) in [5, 5.41) is 0. The van der Waals surface area contributed by atoms with Gasteiger partial charge in [0.1, 0.15) is 12.0 Å². The molecule has 0 N–H and O–H groups in total. The Balaban J connectivity index is 1.82. The molecule has 1 aromatic heterocycles. The van der Waals surface area contributed by atoms with Gasteiger partial charge < -0.3 is 4.74 Å². The molecule has 0 radical (unpaired) electrons. The van der Waals surface area contributed by atoms with Crippen LogP contribution in [-0.2, 0) is 4.74 Å². The molecule has 1 unspecified atom stereocenters. The number of aromatic nitrogens is 2. The number of hydrogen-bond acceptors (Lipinski definition) is 4. The smallest absolute Gasteiger partial charge is 0.181 e. The maximum atomic E-state index is 11.7. The molecule has 2 rings (SSSR count). The number of nitrogens with zero attached hydrogens (tertiary/aromatic N) is 2. The summed E-state index contributed by atoms with van der Waals surface area (Å²) in [6.45, 7) is 0.840. The lowest BCUT2D eigenvalue weighted by molar-refractivity contribution is 0.0856. The van der Waals surface area contributed by atoms with E-state index in [9.17, 15) is 4.79 Å². The highest BCUT2D eigenvalue weighted by molar-refractivity contribution is 5.93. The van der Waals surface area contributed by atoms with Gasteiger partial charge in [-0.1, -0.05) is 0 Å². The number of ketones is 1. The fraction of sp³-hybridized carbons (Fsp3) is 0.545. The molecule has 4 heteroatoms. The first-order valence-corrected chi connectivity index (χ1v) is 5.27. The molecule has 1 fully saturated rings. The van der Waals surface area contributed by atoms with E-state index in [0.29, 0.717) is 12.1 Å². The number of ether oxygens (including phenoxy) is 1. The van der Waals surface area contributed by atoms with Gasteiger partial charge in [-0.15, -0.1) is 0 Å². The topological polar surface area (TPSA) is 52.1 Å². The average molecular weight is 206 g/mol. The number of Topliss-reactive ketones (excluding diaryl/α,β-unsaturated/α-hetero) is 1. The average Bonchev–Trinajstić information content (AvgIpc) is 2.80. The van der Waals surface area contributed by atoms with Gasteiger partial charge in [0.2, 0.25) is 0 Å². The van der Waals surface area contributed by atoms with Crippen LogP contribution in [0.2, 0.25) is 0 Å². The minimum absolute atomic E-state index is 0.0768. The zero-order chi connectivity index (χ0) is 10.5. The Hall–Kier alpha value is -1.29. The van der Waals surface area contributed by atoms with Gasteiger partial charge in [0.05, 0.1) is 6.10 Å². The van der Waals surface area contributed by atoms with Crippen LogP contribution in [0.3, 0.4) is 0 Å². The first-order chi connectivity index (χ1) is 7.36. The van der Waals surface area contributed by atoms with Gasteiger partial charge in [-0.25, -0.2) is 9.97 Å². The van der Waals surface area contributed by atoms with Crippen LogP contribution in [-0.4, -0.2) is 28.5 Å². The predicted molar refractivity (Wildman–Crippen MR) is 54.6 cm³/mol. The summed E-state index contributed by atoms with van der Waals surface area (Å²) in [7, 11) is 0. The molecular weight excluding hydrogens is 192 g/mol. The van der Waals surface area contributed by atoms with Crippen LogP contribution >= 0.6 is 0 Å². The third kappa shape index (κ3) is 2.83. The van der Waals surface area contributed by atoms with E-state index in [1.807, 2.05) is 0 Å². The molecule has 1 aliphatic rings. The lowest BCUT2D eigenvalue weighted by Crippen LogP contribution is -2.09. The van der Waals surface area contributed by atoms with Gasteiger partial charge in [-0.3, -0.25) is 4.79 Å². The second kappa shape index (κ2) is 4.98. The normalized spacial score (nSPS) is 20.4. The fourth-order valence-corrected chi connectivity index (χ4v) is 1.75. The SMILES string of the molecule is O=C(CCC1CCCO1)c1ccncn1. The molecule has 80 valence electrons. The lowest BCUT2D eigenvalue weighted by Gasteiger charge is -2.07. The molecule has 2 heterocycles. The molecule has 0 bridgehead atoms. The van der Waals surface area contributed by atoms with Crippen molar-refractivity contribution in [2.24, 2.45) is 0 Å². The number of carbonyl (C=O) groups excluding carboxylic acids is 1. The molecule has 15 heavy (non-hydrogen) atoms. The first kappa shape index (κ1) is 10.2. The number of rotatable bonds is 4. The molecule has 4 nitrogen and oxygen atoms in total. The maximum absolute atomic E-state index is 11.7. The van der Waals surface area contributed by atoms with Gasteiger partial charge in [-0.2, -0.15) is 0 Å². The lowest BCUT2D eigenvalue weighted by atomic mass is 10.1. The highest BCUT2D eigenvalue weighted by Crippen LogP contribution is 2.17. The summed E-state index contributed by atoms with van der Waals surface area (Å²) in [6, 6.07) is 1.65. The van der Waals surface area contributed by atoms with Crippen molar-refractivity contribution >= 4 is 5.78 Å². The van der Waals surface area contributed by atoms with Crippen LogP contribution in [0.1, 0.15) is 36.2 Å². The minimum atomic E-state index is 0.0768. The predicted octanol–water partition coefficient (Wildman–Crippen LogP) is 1.62.